The summed E-state index contributed by atoms with van der Waals surface area (Å²) in [5.74, 6) is -0.336. The number of nitrogens with zero attached hydrogens (tertiary/aromatic N) is 1. The monoisotopic (exact) mass is 461 g/mol. The van der Waals surface area contributed by atoms with Crippen LogP contribution in [0.3, 0.4) is 0 Å². The Morgan fingerprint density at radius 1 is 1.19 bits per heavy atom. The molecule has 0 aliphatic carbocycles. The molecule has 0 bridgehead atoms. The molecule has 1 aromatic heterocycles. The van der Waals surface area contributed by atoms with E-state index in [1.807, 2.05) is 32.0 Å². The molecule has 0 aliphatic heterocycles. The number of hydrogen-bond donors (Lipinski definition) is 2. The fourth-order valence-electron chi connectivity index (χ4n) is 3.37. The zero-order chi connectivity index (χ0) is 23.5. The second kappa shape index (κ2) is 9.58. The molecule has 0 aliphatic rings. The van der Waals surface area contributed by atoms with Gasteiger partial charge in [-0.1, -0.05) is 32.0 Å². The predicted octanol–water partition coefficient (Wildman–Crippen LogP) is 2.15. The summed E-state index contributed by atoms with van der Waals surface area (Å²) in [6.45, 7) is 4.00. The number of carbonyl (C=O) groups is 1. The van der Waals surface area contributed by atoms with Gasteiger partial charge in [0.05, 0.1) is 17.5 Å². The standard InChI is InChI=1S/C22H27N3O6S/c1-14(2)11-17(21(26)23-13-15-7-5-6-8-19(15)30-4)24-32(28,29)16-9-10-18-20(12-16)31-22(27)25(18)3/h5-10,12,14,17,24H,11,13H2,1-4H3,(H,23,26)/t17-/m1/s1. The SMILES string of the molecule is COc1ccccc1CNC(=O)[C@@H](CC(C)C)NS(=O)(=O)c1ccc2c(c1)oc(=O)n2C. The average molecular weight is 462 g/mol. The number of carbonyl (C=O) groups excluding carboxylic acids is 1. The van der Waals surface area contributed by atoms with Crippen molar-refractivity contribution >= 4 is 27.0 Å². The topological polar surface area (TPSA) is 120 Å². The van der Waals surface area contributed by atoms with Gasteiger partial charge in [-0.2, -0.15) is 4.72 Å². The van der Waals surface area contributed by atoms with Gasteiger partial charge < -0.3 is 14.5 Å². The highest BCUT2D eigenvalue weighted by Crippen LogP contribution is 2.20. The molecule has 3 aromatic rings. The number of para-hydroxylation sites is 1. The molecule has 0 spiro atoms. The molecule has 0 radical (unpaired) electrons. The van der Waals surface area contributed by atoms with E-state index in [0.717, 1.165) is 5.56 Å². The molecule has 172 valence electrons. The lowest BCUT2D eigenvalue weighted by atomic mass is 10.0. The molecule has 0 unspecified atom stereocenters. The molecule has 0 saturated carbocycles. The van der Waals surface area contributed by atoms with Crippen LogP contribution in [0.5, 0.6) is 5.75 Å². The van der Waals surface area contributed by atoms with Crippen LogP contribution in [-0.2, 0) is 28.4 Å². The van der Waals surface area contributed by atoms with Crippen LogP contribution in [0.25, 0.3) is 11.1 Å². The van der Waals surface area contributed by atoms with E-state index in [4.69, 9.17) is 9.15 Å². The van der Waals surface area contributed by atoms with Crippen LogP contribution in [-0.4, -0.2) is 32.0 Å². The van der Waals surface area contributed by atoms with Gasteiger partial charge in [0, 0.05) is 25.2 Å². The van der Waals surface area contributed by atoms with Crippen molar-refractivity contribution < 1.29 is 22.4 Å². The van der Waals surface area contributed by atoms with E-state index in [9.17, 15) is 18.0 Å². The molecule has 1 amide bonds. The molecule has 2 aromatic carbocycles. The quantitative estimate of drug-likeness (QED) is 0.504. The van der Waals surface area contributed by atoms with E-state index in [1.165, 1.54) is 29.8 Å². The number of sulfonamides is 1. The Labute approximate surface area is 186 Å². The van der Waals surface area contributed by atoms with E-state index in [-0.39, 0.29) is 22.9 Å². The summed E-state index contributed by atoms with van der Waals surface area (Å²) in [4.78, 5) is 24.5. The van der Waals surface area contributed by atoms with Crippen LogP contribution in [0.15, 0.2) is 56.6 Å². The third kappa shape index (κ3) is 5.20. The van der Waals surface area contributed by atoms with Crippen molar-refractivity contribution in [1.82, 2.24) is 14.6 Å². The Balaban J connectivity index is 1.80. The van der Waals surface area contributed by atoms with Gasteiger partial charge in [0.25, 0.3) is 0 Å². The summed E-state index contributed by atoms with van der Waals surface area (Å²) >= 11 is 0. The number of methoxy groups -OCH3 is 1. The Morgan fingerprint density at radius 3 is 2.59 bits per heavy atom. The van der Waals surface area contributed by atoms with E-state index in [2.05, 4.69) is 10.0 Å². The van der Waals surface area contributed by atoms with Crippen molar-refractivity contribution in [3.8, 4) is 5.75 Å². The van der Waals surface area contributed by atoms with Gasteiger partial charge in [0.2, 0.25) is 15.9 Å². The van der Waals surface area contributed by atoms with Gasteiger partial charge in [-0.3, -0.25) is 9.36 Å². The third-order valence-corrected chi connectivity index (χ3v) is 6.51. The maximum atomic E-state index is 13.0. The fraction of sp³-hybridized carbons (Fsp3) is 0.364. The summed E-state index contributed by atoms with van der Waals surface area (Å²) in [5.41, 5.74) is 1.41. The average Bonchev–Trinajstić information content (AvgIpc) is 3.04. The number of ether oxygens (including phenoxy) is 1. The predicted molar refractivity (Wildman–Crippen MR) is 120 cm³/mol. The first-order valence-corrected chi connectivity index (χ1v) is 11.6. The molecule has 3 rings (SSSR count). The van der Waals surface area contributed by atoms with E-state index < -0.39 is 27.7 Å². The van der Waals surface area contributed by atoms with Crippen LogP contribution < -0.4 is 20.5 Å². The van der Waals surface area contributed by atoms with E-state index >= 15 is 0 Å². The van der Waals surface area contributed by atoms with Crippen molar-refractivity contribution in [2.75, 3.05) is 7.11 Å². The summed E-state index contributed by atoms with van der Waals surface area (Å²) in [6, 6.07) is 10.4. The van der Waals surface area contributed by atoms with Crippen molar-refractivity contribution in [2.45, 2.75) is 37.8 Å². The molecular weight excluding hydrogens is 434 g/mol. The molecule has 0 saturated heterocycles. The first-order valence-electron chi connectivity index (χ1n) is 10.1. The van der Waals surface area contributed by atoms with Crippen molar-refractivity contribution in [3.63, 3.8) is 0 Å². The van der Waals surface area contributed by atoms with Crippen molar-refractivity contribution in [1.29, 1.82) is 0 Å². The zero-order valence-electron chi connectivity index (χ0n) is 18.4. The number of hydrogen-bond acceptors (Lipinski definition) is 6. The van der Waals surface area contributed by atoms with Crippen LogP contribution >= 0.6 is 0 Å². The largest absolute Gasteiger partial charge is 0.496 e. The highest BCUT2D eigenvalue weighted by Gasteiger charge is 2.27. The lowest BCUT2D eigenvalue weighted by Gasteiger charge is -2.20. The van der Waals surface area contributed by atoms with E-state index in [0.29, 0.717) is 17.7 Å². The van der Waals surface area contributed by atoms with Crippen molar-refractivity contribution in [2.24, 2.45) is 13.0 Å². The van der Waals surface area contributed by atoms with Crippen LogP contribution in [0, 0.1) is 5.92 Å². The van der Waals surface area contributed by atoms with E-state index in [1.54, 1.807) is 13.2 Å². The zero-order valence-corrected chi connectivity index (χ0v) is 19.2. The second-order valence-electron chi connectivity index (χ2n) is 7.89. The molecule has 0 fully saturated rings. The number of amides is 1. The highest BCUT2D eigenvalue weighted by atomic mass is 32.2. The minimum absolute atomic E-state index is 0.0642. The van der Waals surface area contributed by atoms with Gasteiger partial charge in [-0.15, -0.1) is 0 Å². The lowest BCUT2D eigenvalue weighted by molar-refractivity contribution is -0.123. The summed E-state index contributed by atoms with van der Waals surface area (Å²) in [7, 11) is -0.971. The number of rotatable bonds is 9. The van der Waals surface area contributed by atoms with Gasteiger partial charge in [-0.05, 0) is 30.5 Å². The summed E-state index contributed by atoms with van der Waals surface area (Å²) in [5, 5.41) is 2.78. The smallest absolute Gasteiger partial charge is 0.419 e. The third-order valence-electron chi connectivity index (χ3n) is 5.04. The highest BCUT2D eigenvalue weighted by molar-refractivity contribution is 7.89. The van der Waals surface area contributed by atoms with Crippen LogP contribution in [0.2, 0.25) is 0 Å². The summed E-state index contributed by atoms with van der Waals surface area (Å²) < 4.78 is 40.2. The maximum absolute atomic E-state index is 13.0. The second-order valence-corrected chi connectivity index (χ2v) is 9.60. The summed E-state index contributed by atoms with van der Waals surface area (Å²) in [6.07, 6.45) is 0.305. The molecule has 1 atom stereocenters. The molecule has 1 heterocycles. The first-order chi connectivity index (χ1) is 15.1. The Hall–Kier alpha value is -3.11. The van der Waals surface area contributed by atoms with Gasteiger partial charge >= 0.3 is 5.76 Å². The number of aromatic nitrogens is 1. The molecule has 9 nitrogen and oxygen atoms in total. The number of nitrogens with one attached hydrogen (secondary N) is 2. The van der Waals surface area contributed by atoms with Crippen LogP contribution in [0.4, 0.5) is 0 Å². The van der Waals surface area contributed by atoms with Crippen molar-refractivity contribution in [3.05, 3.63) is 58.6 Å². The maximum Gasteiger partial charge on any atom is 0.419 e. The van der Waals surface area contributed by atoms with Gasteiger partial charge in [0.1, 0.15) is 11.8 Å². The van der Waals surface area contributed by atoms with Gasteiger partial charge in [0.15, 0.2) is 5.58 Å². The Morgan fingerprint density at radius 2 is 1.91 bits per heavy atom. The minimum Gasteiger partial charge on any atom is -0.496 e. The first kappa shape index (κ1) is 23.6. The molecule has 2 N–H and O–H groups in total. The Kier molecular flexibility index (Phi) is 7.05. The molecular formula is C22H27N3O6S. The molecule has 32 heavy (non-hydrogen) atoms. The van der Waals surface area contributed by atoms with Gasteiger partial charge in [-0.25, -0.2) is 13.2 Å². The lowest BCUT2D eigenvalue weighted by Crippen LogP contribution is -2.47. The number of oxazole rings is 1. The van der Waals surface area contributed by atoms with Crippen LogP contribution in [0.1, 0.15) is 25.8 Å². The normalized spacial score (nSPS) is 12.8. The fourth-order valence-corrected chi connectivity index (χ4v) is 4.59. The number of aryl methyl sites for hydroxylation is 1. The molecule has 10 heteroatoms. The Bertz CT molecular complexity index is 1280. The number of fused-ring (bicyclic) bond motifs is 1. The number of benzene rings is 2. The minimum atomic E-state index is -4.05.